The van der Waals surface area contributed by atoms with Crippen molar-refractivity contribution in [1.82, 2.24) is 14.8 Å². The standard InChI is InChI=1S/C26H30N4O3/c1-28-23-7-6-19(4-5-20-3-2-9-27-16-20)15-22(23)26-21(24(28)18-31)8-10-30(26)25(32)17-29-11-13-33-14-12-29/h2-3,6-7,9,15-16,21,24,26,31H,8,10-14,17-18H2,1H3/t21-,24+,26-/m1/s1. The normalized spacial score (nSPS) is 24.6. The van der Waals surface area contributed by atoms with Crippen molar-refractivity contribution in [3.63, 3.8) is 0 Å². The Labute approximate surface area is 195 Å². The van der Waals surface area contributed by atoms with E-state index in [9.17, 15) is 9.90 Å². The van der Waals surface area contributed by atoms with Gasteiger partial charge in [0.2, 0.25) is 5.91 Å². The lowest BCUT2D eigenvalue weighted by Gasteiger charge is -2.44. The highest BCUT2D eigenvalue weighted by Gasteiger charge is 2.47. The number of nitrogens with zero attached hydrogens (tertiary/aromatic N) is 4. The maximum absolute atomic E-state index is 13.4. The molecule has 1 aromatic carbocycles. The second kappa shape index (κ2) is 9.52. The Hall–Kier alpha value is -2.92. The van der Waals surface area contributed by atoms with Crippen LogP contribution in [0.2, 0.25) is 0 Å². The quantitative estimate of drug-likeness (QED) is 0.721. The molecule has 3 aliphatic rings. The van der Waals surface area contributed by atoms with Crippen LogP contribution in [0, 0.1) is 17.8 Å². The second-order valence-corrected chi connectivity index (χ2v) is 9.00. The van der Waals surface area contributed by atoms with Gasteiger partial charge >= 0.3 is 0 Å². The highest BCUT2D eigenvalue weighted by atomic mass is 16.5. The fourth-order valence-corrected chi connectivity index (χ4v) is 5.43. The summed E-state index contributed by atoms with van der Waals surface area (Å²) < 4.78 is 5.43. The first-order valence-corrected chi connectivity index (χ1v) is 11.6. The minimum Gasteiger partial charge on any atom is -0.394 e. The monoisotopic (exact) mass is 446 g/mol. The second-order valence-electron chi connectivity index (χ2n) is 9.00. The summed E-state index contributed by atoms with van der Waals surface area (Å²) >= 11 is 0. The minimum atomic E-state index is -0.0398. The van der Waals surface area contributed by atoms with Gasteiger partial charge in [-0.15, -0.1) is 0 Å². The van der Waals surface area contributed by atoms with Gasteiger partial charge in [0, 0.05) is 61.8 Å². The molecule has 2 fully saturated rings. The van der Waals surface area contributed by atoms with Crippen LogP contribution in [0.15, 0.2) is 42.7 Å². The number of morpholine rings is 1. The number of amides is 1. The fourth-order valence-electron chi connectivity index (χ4n) is 5.43. The molecule has 1 aromatic heterocycles. The number of benzene rings is 1. The highest BCUT2D eigenvalue weighted by Crippen LogP contribution is 2.48. The summed E-state index contributed by atoms with van der Waals surface area (Å²) in [4.78, 5) is 23.9. The van der Waals surface area contributed by atoms with Gasteiger partial charge in [0.25, 0.3) is 0 Å². The SMILES string of the molecule is CN1c2ccc(C#Cc3cccnc3)cc2[C@H]2[C@H](CCN2C(=O)CN2CCOCC2)[C@@H]1CO. The summed E-state index contributed by atoms with van der Waals surface area (Å²) in [6, 6.07) is 9.99. The van der Waals surface area contributed by atoms with Crippen molar-refractivity contribution in [2.45, 2.75) is 18.5 Å². The topological polar surface area (TPSA) is 69.1 Å². The van der Waals surface area contributed by atoms with E-state index >= 15 is 0 Å². The zero-order chi connectivity index (χ0) is 22.8. The van der Waals surface area contributed by atoms with E-state index in [4.69, 9.17) is 4.74 Å². The molecule has 0 saturated carbocycles. The number of fused-ring (bicyclic) bond motifs is 3. The van der Waals surface area contributed by atoms with E-state index < -0.39 is 0 Å². The Bertz CT molecular complexity index is 1060. The Morgan fingerprint density at radius 1 is 1.18 bits per heavy atom. The minimum absolute atomic E-state index is 0.00369. The third-order valence-corrected chi connectivity index (χ3v) is 7.15. The number of hydrogen-bond donors (Lipinski definition) is 1. The van der Waals surface area contributed by atoms with Crippen LogP contribution >= 0.6 is 0 Å². The van der Waals surface area contributed by atoms with Crippen molar-refractivity contribution in [2.75, 3.05) is 57.9 Å². The molecular formula is C26H30N4O3. The molecule has 3 atom stereocenters. The Kier molecular flexibility index (Phi) is 6.32. The average molecular weight is 447 g/mol. The van der Waals surface area contributed by atoms with E-state index in [2.05, 4.69) is 38.8 Å². The van der Waals surface area contributed by atoms with Gasteiger partial charge in [0.1, 0.15) is 0 Å². The van der Waals surface area contributed by atoms with Crippen molar-refractivity contribution in [3.8, 4) is 11.8 Å². The van der Waals surface area contributed by atoms with Gasteiger partial charge in [-0.3, -0.25) is 14.7 Å². The first-order chi connectivity index (χ1) is 16.2. The van der Waals surface area contributed by atoms with Crippen LogP contribution < -0.4 is 4.90 Å². The zero-order valence-corrected chi connectivity index (χ0v) is 19.0. The van der Waals surface area contributed by atoms with Crippen molar-refractivity contribution >= 4 is 11.6 Å². The van der Waals surface area contributed by atoms with Crippen molar-refractivity contribution in [2.24, 2.45) is 5.92 Å². The van der Waals surface area contributed by atoms with E-state index in [1.807, 2.05) is 30.1 Å². The summed E-state index contributed by atoms with van der Waals surface area (Å²) in [5, 5.41) is 10.2. The molecule has 0 bridgehead atoms. The number of hydrogen-bond acceptors (Lipinski definition) is 6. The lowest BCUT2D eigenvalue weighted by molar-refractivity contribution is -0.135. The molecule has 2 aromatic rings. The van der Waals surface area contributed by atoms with Crippen molar-refractivity contribution < 1.29 is 14.6 Å². The molecule has 0 spiro atoms. The number of carbonyl (C=O) groups is 1. The maximum Gasteiger partial charge on any atom is 0.237 e. The number of likely N-dealkylation sites (N-methyl/N-ethyl adjacent to an activating group) is 1. The average Bonchev–Trinajstić information content (AvgIpc) is 3.29. The van der Waals surface area contributed by atoms with Crippen LogP contribution in [0.25, 0.3) is 0 Å². The first-order valence-electron chi connectivity index (χ1n) is 11.6. The van der Waals surface area contributed by atoms with Gasteiger partial charge in [-0.1, -0.05) is 11.8 Å². The molecule has 2 saturated heterocycles. The predicted molar refractivity (Wildman–Crippen MR) is 126 cm³/mol. The Balaban J connectivity index is 1.46. The molecule has 33 heavy (non-hydrogen) atoms. The van der Waals surface area contributed by atoms with Gasteiger partial charge < -0.3 is 19.6 Å². The smallest absolute Gasteiger partial charge is 0.237 e. The molecule has 1 N–H and O–H groups in total. The van der Waals surface area contributed by atoms with Crippen LogP contribution in [0.1, 0.15) is 29.2 Å². The lowest BCUT2D eigenvalue weighted by Crippen LogP contribution is -2.50. The van der Waals surface area contributed by atoms with Crippen molar-refractivity contribution in [3.05, 3.63) is 59.4 Å². The van der Waals surface area contributed by atoms with Crippen LogP contribution in [0.3, 0.4) is 0 Å². The number of aromatic nitrogens is 1. The van der Waals surface area contributed by atoms with E-state index in [1.54, 1.807) is 12.4 Å². The molecule has 1 amide bonds. The largest absolute Gasteiger partial charge is 0.394 e. The molecule has 0 radical (unpaired) electrons. The summed E-state index contributed by atoms with van der Waals surface area (Å²) in [5.74, 6) is 6.79. The van der Waals surface area contributed by atoms with Gasteiger partial charge in [0.05, 0.1) is 38.4 Å². The van der Waals surface area contributed by atoms with Crippen LogP contribution in [-0.2, 0) is 9.53 Å². The van der Waals surface area contributed by atoms with E-state index in [0.717, 1.165) is 41.9 Å². The summed E-state index contributed by atoms with van der Waals surface area (Å²) in [6.45, 7) is 4.15. The first kappa shape index (κ1) is 21.9. The van der Waals surface area contributed by atoms with E-state index in [-0.39, 0.29) is 30.5 Å². The lowest BCUT2D eigenvalue weighted by atomic mass is 9.81. The number of anilines is 1. The van der Waals surface area contributed by atoms with E-state index in [0.29, 0.717) is 26.3 Å². The van der Waals surface area contributed by atoms with Crippen molar-refractivity contribution in [1.29, 1.82) is 0 Å². The van der Waals surface area contributed by atoms with E-state index in [1.165, 1.54) is 0 Å². The summed E-state index contributed by atoms with van der Waals surface area (Å²) in [5.41, 5.74) is 3.97. The molecule has 0 aliphatic carbocycles. The highest BCUT2D eigenvalue weighted by molar-refractivity contribution is 5.80. The number of carbonyl (C=O) groups excluding carboxylic acids is 1. The van der Waals surface area contributed by atoms with Crippen LogP contribution in [0.4, 0.5) is 5.69 Å². The Morgan fingerprint density at radius 2 is 2.00 bits per heavy atom. The van der Waals surface area contributed by atoms with Gasteiger partial charge in [-0.05, 0) is 42.3 Å². The zero-order valence-electron chi connectivity index (χ0n) is 19.0. The number of rotatable bonds is 3. The van der Waals surface area contributed by atoms with Gasteiger partial charge in [-0.2, -0.15) is 0 Å². The molecular weight excluding hydrogens is 416 g/mol. The molecule has 5 rings (SSSR count). The molecule has 7 heteroatoms. The van der Waals surface area contributed by atoms with Gasteiger partial charge in [0.15, 0.2) is 0 Å². The fraction of sp³-hybridized carbons (Fsp3) is 0.462. The maximum atomic E-state index is 13.4. The molecule has 4 heterocycles. The third kappa shape index (κ3) is 4.34. The molecule has 0 unspecified atom stereocenters. The van der Waals surface area contributed by atoms with Crippen LogP contribution in [0.5, 0.6) is 0 Å². The summed E-state index contributed by atoms with van der Waals surface area (Å²) in [6.07, 6.45) is 4.38. The van der Waals surface area contributed by atoms with Crippen LogP contribution in [-0.4, -0.2) is 84.9 Å². The third-order valence-electron chi connectivity index (χ3n) is 7.15. The number of pyridine rings is 1. The predicted octanol–water partition coefficient (Wildman–Crippen LogP) is 1.51. The number of aliphatic hydroxyl groups is 1. The number of likely N-dealkylation sites (tertiary alicyclic amines) is 1. The molecule has 7 nitrogen and oxygen atoms in total. The molecule has 3 aliphatic heterocycles. The number of ether oxygens (including phenoxy) is 1. The molecule has 172 valence electrons. The van der Waals surface area contributed by atoms with Gasteiger partial charge in [-0.25, -0.2) is 0 Å². The summed E-state index contributed by atoms with van der Waals surface area (Å²) in [7, 11) is 2.04. The Morgan fingerprint density at radius 3 is 2.76 bits per heavy atom. The number of aliphatic hydroxyl groups excluding tert-OH is 1.